The maximum Gasteiger partial charge on any atom is 0.416 e. The van der Waals surface area contributed by atoms with Gasteiger partial charge in [-0.05, 0) is 72.1 Å². The second-order valence-corrected chi connectivity index (χ2v) is 8.25. The van der Waals surface area contributed by atoms with Crippen LogP contribution in [0.2, 0.25) is 0 Å². The van der Waals surface area contributed by atoms with Gasteiger partial charge in [0, 0.05) is 35.1 Å². The van der Waals surface area contributed by atoms with E-state index in [1.807, 2.05) is 37.3 Å². The molecular formula is C26H18F4N4O. The summed E-state index contributed by atoms with van der Waals surface area (Å²) in [6.07, 6.45) is -1.47. The van der Waals surface area contributed by atoms with Crippen LogP contribution in [0.25, 0.3) is 33.3 Å². The molecule has 0 radical (unpaired) electrons. The number of benzene rings is 2. The molecule has 176 valence electrons. The number of rotatable bonds is 4. The number of nitrogens with one attached hydrogen (secondary N) is 1. The Balaban J connectivity index is 1.48. The highest BCUT2D eigenvalue weighted by atomic mass is 19.4. The van der Waals surface area contributed by atoms with Gasteiger partial charge in [-0.15, -0.1) is 0 Å². The summed E-state index contributed by atoms with van der Waals surface area (Å²) in [7, 11) is 0. The number of alkyl halides is 3. The average molecular weight is 478 g/mol. The van der Waals surface area contributed by atoms with Crippen molar-refractivity contribution in [1.82, 2.24) is 19.7 Å². The van der Waals surface area contributed by atoms with Gasteiger partial charge in [-0.3, -0.25) is 14.9 Å². The number of aryl methyl sites for hydroxylation is 1. The van der Waals surface area contributed by atoms with Gasteiger partial charge < -0.3 is 4.57 Å². The fourth-order valence-corrected chi connectivity index (χ4v) is 4.03. The molecular weight excluding hydrogens is 460 g/mol. The zero-order chi connectivity index (χ0) is 24.7. The molecule has 0 spiro atoms. The van der Waals surface area contributed by atoms with Gasteiger partial charge in [0.15, 0.2) is 0 Å². The molecule has 0 unspecified atom stereocenters. The van der Waals surface area contributed by atoms with Gasteiger partial charge in [-0.2, -0.15) is 18.3 Å². The Morgan fingerprint density at radius 1 is 0.943 bits per heavy atom. The summed E-state index contributed by atoms with van der Waals surface area (Å²) >= 11 is 0. The molecule has 2 aromatic carbocycles. The van der Waals surface area contributed by atoms with Crippen LogP contribution in [0.5, 0.6) is 0 Å². The van der Waals surface area contributed by atoms with Crippen LogP contribution in [0.15, 0.2) is 77.9 Å². The first-order chi connectivity index (χ1) is 16.7. The summed E-state index contributed by atoms with van der Waals surface area (Å²) in [5.41, 5.74) is 3.31. The van der Waals surface area contributed by atoms with Crippen LogP contribution in [0.1, 0.15) is 16.8 Å². The standard InChI is InChI=1S/C26H18F4N4O/c1-15-8-19(4-6-31-15)25-22-11-17(2-3-23(22)32-33-25)18-5-7-34(24(35)12-18)14-16-9-20(26(28,29)30)13-21(27)10-16/h2-13H,14H2,1H3,(H,32,33). The number of aromatic nitrogens is 4. The van der Waals surface area contributed by atoms with Crippen LogP contribution in [0, 0.1) is 12.7 Å². The van der Waals surface area contributed by atoms with E-state index in [9.17, 15) is 22.4 Å². The highest BCUT2D eigenvalue weighted by Gasteiger charge is 2.31. The first-order valence-electron chi connectivity index (χ1n) is 10.7. The molecule has 0 aliphatic rings. The lowest BCUT2D eigenvalue weighted by molar-refractivity contribution is -0.137. The minimum atomic E-state index is -4.68. The molecule has 0 saturated heterocycles. The Morgan fingerprint density at radius 3 is 2.49 bits per heavy atom. The molecule has 3 heterocycles. The molecule has 0 fully saturated rings. The quantitative estimate of drug-likeness (QED) is 0.324. The van der Waals surface area contributed by atoms with Crippen molar-refractivity contribution >= 4 is 10.9 Å². The number of hydrogen-bond donors (Lipinski definition) is 1. The van der Waals surface area contributed by atoms with E-state index in [0.717, 1.165) is 45.6 Å². The van der Waals surface area contributed by atoms with Crippen molar-refractivity contribution in [2.75, 3.05) is 0 Å². The predicted octanol–water partition coefficient (Wildman–Crippen LogP) is 5.97. The van der Waals surface area contributed by atoms with Gasteiger partial charge >= 0.3 is 6.18 Å². The number of aromatic amines is 1. The topological polar surface area (TPSA) is 63.6 Å². The third-order valence-corrected chi connectivity index (χ3v) is 5.70. The van der Waals surface area contributed by atoms with Crippen LogP contribution in [-0.4, -0.2) is 19.7 Å². The van der Waals surface area contributed by atoms with Crippen molar-refractivity contribution < 1.29 is 17.6 Å². The van der Waals surface area contributed by atoms with Gasteiger partial charge in [0.2, 0.25) is 0 Å². The number of H-pyrrole nitrogens is 1. The maximum atomic E-state index is 13.7. The number of halogens is 4. The molecule has 1 N–H and O–H groups in total. The molecule has 0 aliphatic heterocycles. The third-order valence-electron chi connectivity index (χ3n) is 5.70. The molecule has 0 bridgehead atoms. The Kier molecular flexibility index (Phi) is 5.47. The summed E-state index contributed by atoms with van der Waals surface area (Å²) in [6, 6.07) is 14.8. The smallest absolute Gasteiger partial charge is 0.311 e. The fourth-order valence-electron chi connectivity index (χ4n) is 4.03. The molecule has 9 heteroatoms. The van der Waals surface area contributed by atoms with Gasteiger partial charge in [0.1, 0.15) is 11.5 Å². The average Bonchev–Trinajstić information content (AvgIpc) is 3.23. The first kappa shape index (κ1) is 22.5. The number of hydrogen-bond acceptors (Lipinski definition) is 3. The molecule has 5 aromatic rings. The zero-order valence-corrected chi connectivity index (χ0v) is 18.4. The fraction of sp³-hybridized carbons (Fsp3) is 0.115. The number of fused-ring (bicyclic) bond motifs is 1. The minimum absolute atomic E-state index is 0.0456. The van der Waals surface area contributed by atoms with Crippen molar-refractivity contribution in [3.63, 3.8) is 0 Å². The Hall–Kier alpha value is -4.27. The summed E-state index contributed by atoms with van der Waals surface area (Å²) in [4.78, 5) is 17.0. The normalized spacial score (nSPS) is 11.8. The second kappa shape index (κ2) is 8.50. The van der Waals surface area contributed by atoms with E-state index < -0.39 is 23.1 Å². The van der Waals surface area contributed by atoms with Gasteiger partial charge in [0.25, 0.3) is 5.56 Å². The highest BCUT2D eigenvalue weighted by Crippen LogP contribution is 2.31. The third kappa shape index (κ3) is 4.57. The van der Waals surface area contributed by atoms with E-state index >= 15 is 0 Å². The summed E-state index contributed by atoms with van der Waals surface area (Å²) in [5, 5.41) is 8.30. The summed E-state index contributed by atoms with van der Waals surface area (Å²) < 4.78 is 54.0. The van der Waals surface area contributed by atoms with Crippen molar-refractivity contribution in [2.45, 2.75) is 19.6 Å². The molecule has 0 atom stereocenters. The lowest BCUT2D eigenvalue weighted by atomic mass is 10.0. The zero-order valence-electron chi connectivity index (χ0n) is 18.4. The predicted molar refractivity (Wildman–Crippen MR) is 124 cm³/mol. The van der Waals surface area contributed by atoms with Crippen LogP contribution in [-0.2, 0) is 12.7 Å². The molecule has 0 saturated carbocycles. The molecule has 5 rings (SSSR count). The van der Waals surface area contributed by atoms with Crippen molar-refractivity contribution in [1.29, 1.82) is 0 Å². The van der Waals surface area contributed by atoms with Gasteiger partial charge in [0.05, 0.1) is 17.6 Å². The van der Waals surface area contributed by atoms with E-state index in [1.165, 1.54) is 16.8 Å². The molecule has 0 aliphatic carbocycles. The van der Waals surface area contributed by atoms with E-state index in [-0.39, 0.29) is 12.1 Å². The van der Waals surface area contributed by atoms with Crippen LogP contribution in [0.4, 0.5) is 17.6 Å². The van der Waals surface area contributed by atoms with Crippen molar-refractivity contribution in [3.8, 4) is 22.4 Å². The van der Waals surface area contributed by atoms with E-state index in [2.05, 4.69) is 15.2 Å². The molecule has 35 heavy (non-hydrogen) atoms. The van der Waals surface area contributed by atoms with Crippen molar-refractivity contribution in [3.05, 3.63) is 106 Å². The van der Waals surface area contributed by atoms with E-state index in [1.54, 1.807) is 12.3 Å². The lowest BCUT2D eigenvalue weighted by Crippen LogP contribution is -2.19. The first-order valence-corrected chi connectivity index (χ1v) is 10.7. The van der Waals surface area contributed by atoms with Crippen LogP contribution in [0.3, 0.4) is 0 Å². The largest absolute Gasteiger partial charge is 0.416 e. The summed E-state index contributed by atoms with van der Waals surface area (Å²) in [6.45, 7) is 1.71. The van der Waals surface area contributed by atoms with Crippen molar-refractivity contribution in [2.24, 2.45) is 0 Å². The lowest BCUT2D eigenvalue weighted by Gasteiger charge is -2.11. The van der Waals surface area contributed by atoms with Crippen LogP contribution < -0.4 is 5.56 Å². The maximum absolute atomic E-state index is 13.7. The Bertz CT molecular complexity index is 1620. The number of nitrogens with zero attached hydrogens (tertiary/aromatic N) is 3. The summed E-state index contributed by atoms with van der Waals surface area (Å²) in [5.74, 6) is -1.01. The second-order valence-electron chi connectivity index (χ2n) is 8.25. The monoisotopic (exact) mass is 478 g/mol. The Labute approximate surface area is 196 Å². The highest BCUT2D eigenvalue weighted by molar-refractivity contribution is 5.95. The van der Waals surface area contributed by atoms with Gasteiger partial charge in [-0.25, -0.2) is 4.39 Å². The molecule has 3 aromatic heterocycles. The van der Waals surface area contributed by atoms with Gasteiger partial charge in [-0.1, -0.05) is 6.07 Å². The van der Waals surface area contributed by atoms with E-state index in [4.69, 9.17) is 0 Å². The Morgan fingerprint density at radius 2 is 1.74 bits per heavy atom. The number of pyridine rings is 2. The minimum Gasteiger partial charge on any atom is -0.311 e. The van der Waals surface area contributed by atoms with Crippen LogP contribution >= 0.6 is 0 Å². The van der Waals surface area contributed by atoms with E-state index in [0.29, 0.717) is 11.6 Å². The molecule has 0 amide bonds. The SMILES string of the molecule is Cc1cc(-c2n[nH]c3ccc(-c4ccn(Cc5cc(F)cc(C(F)(F)F)c5)c(=O)c4)cc23)ccn1. The molecule has 5 nitrogen and oxygen atoms in total.